The van der Waals surface area contributed by atoms with Crippen molar-refractivity contribution in [2.24, 2.45) is 0 Å². The van der Waals surface area contributed by atoms with E-state index in [0.29, 0.717) is 23.6 Å². The number of likely N-dealkylation sites (tertiary alicyclic amines) is 1. The smallest absolute Gasteiger partial charge is 0.358 e. The Labute approximate surface area is 160 Å². The Morgan fingerprint density at radius 1 is 1.21 bits per heavy atom. The molecule has 2 aromatic rings. The van der Waals surface area contributed by atoms with Crippen LogP contribution < -0.4 is 0 Å². The fraction of sp³-hybridized carbons (Fsp3) is 0.500. The average Bonchev–Trinajstić information content (AvgIpc) is 3.32. The normalized spacial score (nSPS) is 15.4. The van der Waals surface area contributed by atoms with E-state index in [9.17, 15) is 27.2 Å². The van der Waals surface area contributed by atoms with E-state index in [1.54, 1.807) is 5.38 Å². The Hall–Kier alpha value is -2.50. The van der Waals surface area contributed by atoms with Crippen molar-refractivity contribution in [2.75, 3.05) is 13.1 Å². The van der Waals surface area contributed by atoms with E-state index in [4.69, 9.17) is 4.74 Å². The van der Waals surface area contributed by atoms with E-state index in [2.05, 4.69) is 10.1 Å². The number of halogens is 4. The highest BCUT2D eigenvalue weighted by Gasteiger charge is 2.28. The Balaban J connectivity index is 1.55. The Bertz CT molecular complexity index is 820. The van der Waals surface area contributed by atoms with Crippen molar-refractivity contribution in [1.29, 1.82) is 0 Å². The molecule has 1 aliphatic heterocycles. The first kappa shape index (κ1) is 20.2. The number of amides is 1. The number of thiazole rings is 1. The third kappa shape index (κ3) is 4.66. The van der Waals surface area contributed by atoms with E-state index in [1.807, 2.05) is 0 Å². The van der Waals surface area contributed by atoms with Gasteiger partial charge in [0.15, 0.2) is 5.69 Å². The average molecular weight is 420 g/mol. The molecule has 0 N–H and O–H groups in total. The number of esters is 1. The minimum absolute atomic E-state index is 0.219. The summed E-state index contributed by atoms with van der Waals surface area (Å²) in [6, 6.07) is 0.604. The van der Waals surface area contributed by atoms with Gasteiger partial charge < -0.3 is 9.64 Å². The van der Waals surface area contributed by atoms with E-state index in [1.165, 1.54) is 21.7 Å². The first-order valence-corrected chi connectivity index (χ1v) is 9.30. The molecule has 1 amide bonds. The van der Waals surface area contributed by atoms with Crippen LogP contribution in [0.4, 0.5) is 17.6 Å². The maximum absolute atomic E-state index is 13.0. The molecule has 7 nitrogen and oxygen atoms in total. The molecule has 152 valence electrons. The third-order valence-electron chi connectivity index (χ3n) is 4.27. The van der Waals surface area contributed by atoms with Crippen LogP contribution >= 0.6 is 11.3 Å². The molecule has 3 heterocycles. The quantitative estimate of drug-likeness (QED) is 0.530. The molecule has 12 heteroatoms. The number of alkyl halides is 4. The highest BCUT2D eigenvalue weighted by atomic mass is 32.1. The van der Waals surface area contributed by atoms with Crippen LogP contribution in [-0.4, -0.2) is 50.7 Å². The van der Waals surface area contributed by atoms with Crippen LogP contribution in [0.1, 0.15) is 47.6 Å². The molecule has 0 aliphatic carbocycles. The van der Waals surface area contributed by atoms with Crippen LogP contribution in [-0.2, 0) is 16.1 Å². The second kappa shape index (κ2) is 8.67. The molecular formula is C16H16F4N4O3S. The van der Waals surface area contributed by atoms with E-state index >= 15 is 0 Å². The minimum atomic E-state index is -3.02. The molecule has 0 bridgehead atoms. The molecule has 28 heavy (non-hydrogen) atoms. The molecule has 0 atom stereocenters. The molecule has 1 aliphatic rings. The predicted molar refractivity (Wildman–Crippen MR) is 89.3 cm³/mol. The highest BCUT2D eigenvalue weighted by molar-refractivity contribution is 7.07. The summed E-state index contributed by atoms with van der Waals surface area (Å²) in [7, 11) is 0. The van der Waals surface area contributed by atoms with Crippen molar-refractivity contribution in [3.8, 4) is 0 Å². The zero-order valence-corrected chi connectivity index (χ0v) is 15.2. The number of rotatable bonds is 6. The first-order valence-electron chi connectivity index (χ1n) is 8.36. The van der Waals surface area contributed by atoms with Gasteiger partial charge in [-0.15, -0.1) is 11.3 Å². The van der Waals surface area contributed by atoms with Gasteiger partial charge in [0.05, 0.1) is 5.51 Å². The SMILES string of the molecule is O=C(OC1CCN(C(=O)Cn2nc(C(F)F)cc2C(F)F)CC1)c1cscn1. The molecule has 0 radical (unpaired) electrons. The van der Waals surface area contributed by atoms with Crippen LogP contribution in [0.15, 0.2) is 17.0 Å². The van der Waals surface area contributed by atoms with Crippen molar-refractivity contribution < 1.29 is 31.9 Å². The van der Waals surface area contributed by atoms with Crippen molar-refractivity contribution >= 4 is 23.2 Å². The molecular weight excluding hydrogens is 404 g/mol. The Morgan fingerprint density at radius 3 is 2.50 bits per heavy atom. The first-order chi connectivity index (χ1) is 13.3. The lowest BCUT2D eigenvalue weighted by Crippen LogP contribution is -2.43. The van der Waals surface area contributed by atoms with Crippen LogP contribution in [0.5, 0.6) is 0 Å². The highest BCUT2D eigenvalue weighted by Crippen LogP contribution is 2.25. The maximum atomic E-state index is 13.0. The summed E-state index contributed by atoms with van der Waals surface area (Å²) in [6.45, 7) is -0.0582. The number of hydrogen-bond acceptors (Lipinski definition) is 6. The molecule has 0 unspecified atom stereocenters. The molecule has 1 saturated heterocycles. The van der Waals surface area contributed by atoms with Gasteiger partial charge in [-0.1, -0.05) is 0 Å². The van der Waals surface area contributed by atoms with Gasteiger partial charge in [-0.25, -0.2) is 27.3 Å². The van der Waals surface area contributed by atoms with Crippen LogP contribution in [0.3, 0.4) is 0 Å². The summed E-state index contributed by atoms with van der Waals surface area (Å²) < 4.78 is 57.4. The van der Waals surface area contributed by atoms with Gasteiger partial charge in [-0.3, -0.25) is 9.48 Å². The van der Waals surface area contributed by atoms with Gasteiger partial charge in [0, 0.05) is 31.3 Å². The minimum Gasteiger partial charge on any atom is -0.457 e. The van der Waals surface area contributed by atoms with Crippen molar-refractivity contribution in [3.63, 3.8) is 0 Å². The summed E-state index contributed by atoms with van der Waals surface area (Å²) in [6.07, 6.45) is -5.65. The fourth-order valence-corrected chi connectivity index (χ4v) is 3.36. The number of aromatic nitrogens is 3. The summed E-state index contributed by atoms with van der Waals surface area (Å²) in [4.78, 5) is 29.5. The van der Waals surface area contributed by atoms with Gasteiger partial charge in [-0.2, -0.15) is 5.10 Å². The molecule has 1 fully saturated rings. The van der Waals surface area contributed by atoms with Gasteiger partial charge in [0.25, 0.3) is 12.9 Å². The number of piperidine rings is 1. The van der Waals surface area contributed by atoms with E-state index in [-0.39, 0.29) is 24.9 Å². The van der Waals surface area contributed by atoms with Gasteiger partial charge in [-0.05, 0) is 6.07 Å². The lowest BCUT2D eigenvalue weighted by molar-refractivity contribution is -0.134. The summed E-state index contributed by atoms with van der Waals surface area (Å²) in [5, 5.41) is 4.98. The third-order valence-corrected chi connectivity index (χ3v) is 4.86. The van der Waals surface area contributed by atoms with Gasteiger partial charge >= 0.3 is 5.97 Å². The molecule has 0 saturated carbocycles. The van der Waals surface area contributed by atoms with Gasteiger partial charge in [0.1, 0.15) is 24.0 Å². The van der Waals surface area contributed by atoms with Crippen LogP contribution in [0.25, 0.3) is 0 Å². The number of carbonyl (C=O) groups excluding carboxylic acids is 2. The number of ether oxygens (including phenoxy) is 1. The Morgan fingerprint density at radius 2 is 1.93 bits per heavy atom. The zero-order valence-electron chi connectivity index (χ0n) is 14.4. The summed E-state index contributed by atoms with van der Waals surface area (Å²) in [5.41, 5.74) is 0.211. The van der Waals surface area contributed by atoms with E-state index in [0.717, 1.165) is 0 Å². The number of hydrogen-bond donors (Lipinski definition) is 0. The topological polar surface area (TPSA) is 77.3 Å². The standard InChI is InChI=1S/C16H16F4N4O3S/c17-14(18)10-5-12(15(19)20)24(22-10)6-13(25)23-3-1-9(2-4-23)27-16(26)11-7-28-8-21-11/h5,7-9,14-15H,1-4,6H2. The van der Waals surface area contributed by atoms with Gasteiger partial charge in [0.2, 0.25) is 5.91 Å². The van der Waals surface area contributed by atoms with Crippen molar-refractivity contribution in [3.05, 3.63) is 34.0 Å². The molecule has 0 spiro atoms. The second-order valence-corrected chi connectivity index (χ2v) is 6.83. The van der Waals surface area contributed by atoms with Crippen LogP contribution in [0, 0.1) is 0 Å². The lowest BCUT2D eigenvalue weighted by atomic mass is 10.1. The van der Waals surface area contributed by atoms with E-state index < -0.39 is 42.7 Å². The second-order valence-electron chi connectivity index (χ2n) is 6.11. The monoisotopic (exact) mass is 420 g/mol. The molecule has 3 rings (SSSR count). The zero-order chi connectivity index (χ0) is 20.3. The number of carbonyl (C=O) groups is 2. The van der Waals surface area contributed by atoms with Crippen LogP contribution in [0.2, 0.25) is 0 Å². The Kier molecular flexibility index (Phi) is 6.27. The fourth-order valence-electron chi connectivity index (χ4n) is 2.84. The lowest BCUT2D eigenvalue weighted by Gasteiger charge is -2.31. The molecule has 2 aromatic heterocycles. The van der Waals surface area contributed by atoms with Crippen molar-refractivity contribution in [1.82, 2.24) is 19.7 Å². The summed E-state index contributed by atoms with van der Waals surface area (Å²) in [5.74, 6) is -1.06. The summed E-state index contributed by atoms with van der Waals surface area (Å²) >= 11 is 1.27. The predicted octanol–water partition coefficient (Wildman–Crippen LogP) is 3.06. The largest absolute Gasteiger partial charge is 0.457 e. The maximum Gasteiger partial charge on any atom is 0.358 e. The van der Waals surface area contributed by atoms with Crippen molar-refractivity contribution in [2.45, 2.75) is 38.3 Å². The molecule has 0 aromatic carbocycles. The number of nitrogens with zero attached hydrogens (tertiary/aromatic N) is 4.